The van der Waals surface area contributed by atoms with Crippen molar-refractivity contribution in [3.05, 3.63) is 0 Å². The van der Waals surface area contributed by atoms with Gasteiger partial charge in [-0.05, 0) is 43.9 Å². The van der Waals surface area contributed by atoms with Gasteiger partial charge in [-0.3, -0.25) is 0 Å². The third kappa shape index (κ3) is 1.49. The van der Waals surface area contributed by atoms with Crippen LogP contribution in [0.2, 0.25) is 0 Å². The first-order valence-electron chi connectivity index (χ1n) is 6.51. The van der Waals surface area contributed by atoms with Gasteiger partial charge in [-0.25, -0.2) is 0 Å². The Morgan fingerprint density at radius 1 is 1.38 bits per heavy atom. The van der Waals surface area contributed by atoms with Crippen molar-refractivity contribution in [1.29, 1.82) is 5.26 Å². The molecule has 2 aliphatic carbocycles. The highest BCUT2D eigenvalue weighted by molar-refractivity contribution is 5.20. The molecule has 2 nitrogen and oxygen atoms in total. The van der Waals surface area contributed by atoms with E-state index in [-0.39, 0.29) is 5.41 Å². The van der Waals surface area contributed by atoms with E-state index in [0.717, 1.165) is 32.1 Å². The Kier molecular flexibility index (Phi) is 2.58. The number of aliphatic hydroxyl groups is 1. The summed E-state index contributed by atoms with van der Waals surface area (Å²) in [5.41, 5.74) is -1.33. The Morgan fingerprint density at radius 3 is 2.44 bits per heavy atom. The molecule has 0 bridgehead atoms. The Hall–Kier alpha value is -0.550. The summed E-state index contributed by atoms with van der Waals surface area (Å²) >= 11 is 0. The van der Waals surface area contributed by atoms with Crippen LogP contribution in [-0.4, -0.2) is 10.7 Å². The molecular weight excluding hydrogens is 198 g/mol. The van der Waals surface area contributed by atoms with Gasteiger partial charge in [-0.2, -0.15) is 5.26 Å². The number of hydrogen-bond donors (Lipinski definition) is 1. The standard InChI is InChI=1S/C14H23NO/c1-11-5-4-6-14(9-11,10-15)13(3,16)12(2)7-8-12/h11,16H,4-9H2,1-3H3. The first-order chi connectivity index (χ1) is 7.37. The molecule has 0 saturated heterocycles. The minimum Gasteiger partial charge on any atom is -0.388 e. The second-order valence-electron chi connectivity index (χ2n) is 6.53. The van der Waals surface area contributed by atoms with Crippen molar-refractivity contribution in [2.24, 2.45) is 16.7 Å². The molecule has 0 spiro atoms. The molecule has 3 atom stereocenters. The van der Waals surface area contributed by atoms with Crippen LogP contribution in [0.1, 0.15) is 59.3 Å². The van der Waals surface area contributed by atoms with Crippen LogP contribution in [0, 0.1) is 28.1 Å². The van der Waals surface area contributed by atoms with E-state index in [2.05, 4.69) is 19.9 Å². The minimum atomic E-state index is -0.816. The van der Waals surface area contributed by atoms with Gasteiger partial charge in [0, 0.05) is 0 Å². The van der Waals surface area contributed by atoms with Gasteiger partial charge in [0.25, 0.3) is 0 Å². The van der Waals surface area contributed by atoms with E-state index in [0.29, 0.717) is 5.92 Å². The fourth-order valence-electron chi connectivity index (χ4n) is 3.46. The summed E-state index contributed by atoms with van der Waals surface area (Å²) in [6.07, 6.45) is 6.16. The van der Waals surface area contributed by atoms with Crippen molar-refractivity contribution in [3.8, 4) is 6.07 Å². The molecule has 2 heteroatoms. The summed E-state index contributed by atoms with van der Waals surface area (Å²) < 4.78 is 0. The number of nitrogens with zero attached hydrogens (tertiary/aromatic N) is 1. The van der Waals surface area contributed by atoms with Gasteiger partial charge in [0.1, 0.15) is 0 Å². The van der Waals surface area contributed by atoms with Gasteiger partial charge < -0.3 is 5.11 Å². The molecule has 0 aromatic heterocycles. The monoisotopic (exact) mass is 221 g/mol. The number of hydrogen-bond acceptors (Lipinski definition) is 2. The zero-order valence-electron chi connectivity index (χ0n) is 10.7. The third-order valence-electron chi connectivity index (χ3n) is 5.32. The Morgan fingerprint density at radius 2 is 2.00 bits per heavy atom. The lowest BCUT2D eigenvalue weighted by molar-refractivity contribution is -0.114. The van der Waals surface area contributed by atoms with E-state index in [1.807, 2.05) is 6.92 Å². The van der Waals surface area contributed by atoms with Gasteiger partial charge >= 0.3 is 0 Å². The van der Waals surface area contributed by atoms with Crippen LogP contribution in [0.15, 0.2) is 0 Å². The summed E-state index contributed by atoms with van der Waals surface area (Å²) in [4.78, 5) is 0. The average Bonchev–Trinajstić information content (AvgIpc) is 2.97. The second kappa shape index (κ2) is 3.47. The molecule has 0 aromatic rings. The normalized spacial score (nSPS) is 40.8. The van der Waals surface area contributed by atoms with Crippen molar-refractivity contribution in [3.63, 3.8) is 0 Å². The second-order valence-corrected chi connectivity index (χ2v) is 6.53. The lowest BCUT2D eigenvalue weighted by atomic mass is 9.58. The van der Waals surface area contributed by atoms with Crippen molar-refractivity contribution in [2.45, 2.75) is 64.9 Å². The lowest BCUT2D eigenvalue weighted by Gasteiger charge is -2.48. The molecule has 2 rings (SSSR count). The van der Waals surface area contributed by atoms with Crippen molar-refractivity contribution in [2.75, 3.05) is 0 Å². The highest BCUT2D eigenvalue weighted by Gasteiger charge is 2.63. The van der Waals surface area contributed by atoms with Gasteiger partial charge in [0.05, 0.1) is 17.1 Å². The molecule has 0 amide bonds. The van der Waals surface area contributed by atoms with E-state index in [1.165, 1.54) is 6.42 Å². The fraction of sp³-hybridized carbons (Fsp3) is 0.929. The molecule has 0 aliphatic heterocycles. The van der Waals surface area contributed by atoms with E-state index in [1.54, 1.807) is 0 Å². The predicted molar refractivity (Wildman–Crippen MR) is 63.6 cm³/mol. The molecule has 2 saturated carbocycles. The van der Waals surface area contributed by atoms with Crippen LogP contribution in [0.25, 0.3) is 0 Å². The van der Waals surface area contributed by atoms with E-state index >= 15 is 0 Å². The maximum Gasteiger partial charge on any atom is 0.0865 e. The number of rotatable bonds is 2. The Balaban J connectivity index is 2.31. The highest BCUT2D eigenvalue weighted by atomic mass is 16.3. The maximum absolute atomic E-state index is 10.9. The molecular formula is C14H23NO. The molecule has 90 valence electrons. The minimum absolute atomic E-state index is 0.0141. The van der Waals surface area contributed by atoms with Crippen molar-refractivity contribution < 1.29 is 5.11 Å². The fourth-order valence-corrected chi connectivity index (χ4v) is 3.46. The van der Waals surface area contributed by atoms with Gasteiger partial charge in [-0.15, -0.1) is 0 Å². The lowest BCUT2D eigenvalue weighted by Crippen LogP contribution is -2.53. The van der Waals surface area contributed by atoms with Crippen LogP contribution >= 0.6 is 0 Å². The maximum atomic E-state index is 10.9. The summed E-state index contributed by atoms with van der Waals surface area (Å²) in [7, 11) is 0. The summed E-state index contributed by atoms with van der Waals surface area (Å²) in [5, 5.41) is 20.5. The smallest absolute Gasteiger partial charge is 0.0865 e. The number of nitriles is 1. The quantitative estimate of drug-likeness (QED) is 0.777. The van der Waals surface area contributed by atoms with E-state index < -0.39 is 11.0 Å². The van der Waals surface area contributed by atoms with Crippen LogP contribution in [0.3, 0.4) is 0 Å². The third-order valence-corrected chi connectivity index (χ3v) is 5.32. The van der Waals surface area contributed by atoms with Gasteiger partial charge in [0.15, 0.2) is 0 Å². The van der Waals surface area contributed by atoms with Gasteiger partial charge in [0.2, 0.25) is 0 Å². The molecule has 0 aromatic carbocycles. The highest BCUT2D eigenvalue weighted by Crippen LogP contribution is 2.62. The van der Waals surface area contributed by atoms with Crippen LogP contribution < -0.4 is 0 Å². The largest absolute Gasteiger partial charge is 0.388 e. The first-order valence-corrected chi connectivity index (χ1v) is 6.51. The topological polar surface area (TPSA) is 44.0 Å². The average molecular weight is 221 g/mol. The Labute approximate surface area is 98.7 Å². The predicted octanol–water partition coefficient (Wildman–Crippen LogP) is 3.26. The molecule has 3 unspecified atom stereocenters. The first kappa shape index (κ1) is 11.9. The van der Waals surface area contributed by atoms with Gasteiger partial charge in [-0.1, -0.05) is 26.7 Å². The molecule has 2 fully saturated rings. The SMILES string of the molecule is CC1CCCC(C#N)(C(C)(O)C2(C)CC2)C1. The zero-order chi connectivity index (χ0) is 12.0. The molecule has 2 aliphatic rings. The van der Waals surface area contributed by atoms with Crippen LogP contribution in [-0.2, 0) is 0 Å². The molecule has 1 N–H and O–H groups in total. The summed E-state index contributed by atoms with van der Waals surface area (Å²) in [6, 6.07) is 2.48. The van der Waals surface area contributed by atoms with Crippen molar-refractivity contribution in [1.82, 2.24) is 0 Å². The van der Waals surface area contributed by atoms with Crippen LogP contribution in [0.4, 0.5) is 0 Å². The van der Waals surface area contributed by atoms with E-state index in [9.17, 15) is 10.4 Å². The molecule has 0 heterocycles. The summed E-state index contributed by atoms with van der Waals surface area (Å²) in [6.45, 7) is 6.24. The summed E-state index contributed by atoms with van der Waals surface area (Å²) in [5.74, 6) is 0.572. The molecule has 16 heavy (non-hydrogen) atoms. The van der Waals surface area contributed by atoms with Crippen LogP contribution in [0.5, 0.6) is 0 Å². The zero-order valence-corrected chi connectivity index (χ0v) is 10.7. The Bertz CT molecular complexity index is 324. The molecule has 0 radical (unpaired) electrons. The van der Waals surface area contributed by atoms with Crippen molar-refractivity contribution >= 4 is 0 Å². The van der Waals surface area contributed by atoms with E-state index in [4.69, 9.17) is 0 Å².